The highest BCUT2D eigenvalue weighted by molar-refractivity contribution is 9.12. The molecule has 0 saturated heterocycles. The zero-order valence-corrected chi connectivity index (χ0v) is 17.1. The molecule has 0 aromatic carbocycles. The molecule has 0 aliphatic rings. The van der Waals surface area contributed by atoms with Gasteiger partial charge in [-0.05, 0) is 37.1 Å². The molecule has 0 aliphatic carbocycles. The highest BCUT2D eigenvalue weighted by atomic mass is 79.9. The van der Waals surface area contributed by atoms with Gasteiger partial charge in [-0.15, -0.1) is 0 Å². The Morgan fingerprint density at radius 2 is 1.71 bits per heavy atom. The van der Waals surface area contributed by atoms with E-state index in [4.69, 9.17) is 0 Å². The smallest absolute Gasteiger partial charge is 0.0685 e. The van der Waals surface area contributed by atoms with Crippen molar-refractivity contribution in [1.82, 2.24) is 0 Å². The van der Waals surface area contributed by atoms with Crippen LogP contribution in [0.25, 0.3) is 0 Å². The Bertz CT molecular complexity index is 385. The van der Waals surface area contributed by atoms with Crippen LogP contribution < -0.4 is 0 Å². The Morgan fingerprint density at radius 1 is 1.19 bits per heavy atom. The Kier molecular flexibility index (Phi) is 9.38. The van der Waals surface area contributed by atoms with E-state index in [2.05, 4.69) is 72.4 Å². The van der Waals surface area contributed by atoms with E-state index in [-0.39, 0.29) is 11.8 Å². The minimum absolute atomic E-state index is 0.0897. The molecule has 0 spiro atoms. The summed E-state index contributed by atoms with van der Waals surface area (Å²) in [4.78, 5) is 0.324. The van der Waals surface area contributed by atoms with Gasteiger partial charge >= 0.3 is 0 Å². The van der Waals surface area contributed by atoms with Crippen LogP contribution in [-0.4, -0.2) is 15.5 Å². The van der Waals surface area contributed by atoms with E-state index >= 15 is 0 Å². The molecule has 0 saturated carbocycles. The molecule has 4 atom stereocenters. The van der Waals surface area contributed by atoms with E-state index in [0.29, 0.717) is 11.2 Å². The fourth-order valence-corrected chi connectivity index (χ4v) is 4.13. The second-order valence-corrected chi connectivity index (χ2v) is 8.29. The second kappa shape index (κ2) is 9.32. The lowest BCUT2D eigenvalue weighted by Gasteiger charge is -2.33. The van der Waals surface area contributed by atoms with E-state index < -0.39 is 5.60 Å². The first-order valence-electron chi connectivity index (χ1n) is 7.64. The van der Waals surface area contributed by atoms with Crippen molar-refractivity contribution in [2.45, 2.75) is 63.8 Å². The predicted octanol–water partition coefficient (Wildman–Crippen LogP) is 6.37. The molecule has 0 fully saturated rings. The van der Waals surface area contributed by atoms with Crippen molar-refractivity contribution in [2.75, 3.05) is 0 Å². The van der Waals surface area contributed by atoms with Crippen molar-refractivity contribution < 1.29 is 5.11 Å². The van der Waals surface area contributed by atoms with Crippen LogP contribution in [0.15, 0.2) is 35.4 Å². The second-order valence-electron chi connectivity index (χ2n) is 6.10. The Labute approximate surface area is 147 Å². The largest absolute Gasteiger partial charge is 0.390 e. The van der Waals surface area contributed by atoms with E-state index in [9.17, 15) is 5.11 Å². The third-order valence-electron chi connectivity index (χ3n) is 4.48. The molecule has 0 amide bonds. The SMILES string of the molecule is C=C(Br)C(C(=C)CCC(C)(O)C(C)C(=C)CC)[C@@H](Br)CC. The molecule has 0 aliphatic heterocycles. The normalized spacial score (nSPS) is 18.4. The molecular formula is C18H30Br2O. The van der Waals surface area contributed by atoms with Gasteiger partial charge in [-0.2, -0.15) is 0 Å². The van der Waals surface area contributed by atoms with Crippen molar-refractivity contribution in [3.05, 3.63) is 35.4 Å². The van der Waals surface area contributed by atoms with E-state index in [1.54, 1.807) is 0 Å². The molecule has 3 unspecified atom stereocenters. The van der Waals surface area contributed by atoms with Gasteiger partial charge in [0, 0.05) is 16.7 Å². The molecule has 0 radical (unpaired) electrons. The zero-order chi connectivity index (χ0) is 16.8. The van der Waals surface area contributed by atoms with Crippen LogP contribution in [-0.2, 0) is 0 Å². The Balaban J connectivity index is 4.79. The molecule has 0 aromatic heterocycles. The third-order valence-corrected chi connectivity index (χ3v) is 6.15. The highest BCUT2D eigenvalue weighted by Gasteiger charge is 2.31. The van der Waals surface area contributed by atoms with Crippen LogP contribution in [0.1, 0.15) is 53.4 Å². The maximum Gasteiger partial charge on any atom is 0.0685 e. The van der Waals surface area contributed by atoms with E-state index in [0.717, 1.165) is 34.9 Å². The summed E-state index contributed by atoms with van der Waals surface area (Å²) in [5, 5.41) is 10.7. The molecular weight excluding hydrogens is 392 g/mol. The van der Waals surface area contributed by atoms with Crippen molar-refractivity contribution in [1.29, 1.82) is 0 Å². The Hall–Kier alpha value is 0.140. The maximum absolute atomic E-state index is 10.7. The molecule has 0 aromatic rings. The van der Waals surface area contributed by atoms with E-state index in [1.807, 2.05) is 6.92 Å². The number of hydrogen-bond donors (Lipinski definition) is 1. The molecule has 21 heavy (non-hydrogen) atoms. The standard InChI is InChI=1S/C18H30Br2O/c1-8-12(3)14(5)18(7,21)11-10-13(4)17(15(6)19)16(20)9-2/h14,16-17,21H,3-4,6,8-11H2,1-2,5,7H3/t14?,16-,17?,18?/m0/s1. The summed E-state index contributed by atoms with van der Waals surface area (Å²) in [6.07, 6.45) is 3.38. The molecule has 1 N–H and O–H groups in total. The minimum atomic E-state index is -0.748. The number of aliphatic hydroxyl groups is 1. The van der Waals surface area contributed by atoms with Gasteiger partial charge in [0.25, 0.3) is 0 Å². The summed E-state index contributed by atoms with van der Waals surface area (Å²) in [5.74, 6) is 0.280. The summed E-state index contributed by atoms with van der Waals surface area (Å²) in [6.45, 7) is 20.5. The number of rotatable bonds is 10. The summed E-state index contributed by atoms with van der Waals surface area (Å²) in [5.41, 5.74) is 1.46. The zero-order valence-electron chi connectivity index (χ0n) is 13.9. The lowest BCUT2D eigenvalue weighted by molar-refractivity contribution is 0.0112. The first kappa shape index (κ1) is 21.1. The lowest BCUT2D eigenvalue weighted by atomic mass is 9.79. The average Bonchev–Trinajstić information content (AvgIpc) is 2.42. The molecule has 3 heteroatoms. The minimum Gasteiger partial charge on any atom is -0.390 e. The van der Waals surface area contributed by atoms with E-state index in [1.165, 1.54) is 0 Å². The van der Waals surface area contributed by atoms with Crippen LogP contribution in [0.3, 0.4) is 0 Å². The fraction of sp³-hybridized carbons (Fsp3) is 0.667. The third kappa shape index (κ3) is 6.42. The van der Waals surface area contributed by atoms with Crippen LogP contribution >= 0.6 is 31.9 Å². The van der Waals surface area contributed by atoms with Crippen molar-refractivity contribution in [3.8, 4) is 0 Å². The van der Waals surface area contributed by atoms with Gasteiger partial charge in [0.2, 0.25) is 0 Å². The number of halogens is 2. The highest BCUT2D eigenvalue weighted by Crippen LogP contribution is 2.37. The van der Waals surface area contributed by atoms with Crippen molar-refractivity contribution >= 4 is 31.9 Å². The number of allylic oxidation sites excluding steroid dienone is 2. The predicted molar refractivity (Wildman–Crippen MR) is 102 cm³/mol. The number of hydrogen-bond acceptors (Lipinski definition) is 1. The molecule has 1 nitrogen and oxygen atoms in total. The van der Waals surface area contributed by atoms with Crippen LogP contribution in [0.2, 0.25) is 0 Å². The molecule has 0 bridgehead atoms. The van der Waals surface area contributed by atoms with Gasteiger partial charge in [0.1, 0.15) is 0 Å². The van der Waals surface area contributed by atoms with Crippen LogP contribution in [0, 0.1) is 11.8 Å². The summed E-state index contributed by atoms with van der Waals surface area (Å²) < 4.78 is 0.946. The van der Waals surface area contributed by atoms with Crippen molar-refractivity contribution in [2.24, 2.45) is 11.8 Å². The van der Waals surface area contributed by atoms with Gasteiger partial charge in [-0.3, -0.25) is 0 Å². The first-order valence-corrected chi connectivity index (χ1v) is 9.35. The topological polar surface area (TPSA) is 20.2 Å². The van der Waals surface area contributed by atoms with Gasteiger partial charge in [0.05, 0.1) is 5.60 Å². The maximum atomic E-state index is 10.7. The number of alkyl halides is 1. The van der Waals surface area contributed by atoms with Gasteiger partial charge in [-0.1, -0.05) is 83.5 Å². The monoisotopic (exact) mass is 420 g/mol. The molecule has 0 heterocycles. The van der Waals surface area contributed by atoms with Crippen LogP contribution in [0.5, 0.6) is 0 Å². The molecule has 122 valence electrons. The van der Waals surface area contributed by atoms with Crippen LogP contribution in [0.4, 0.5) is 0 Å². The van der Waals surface area contributed by atoms with Gasteiger partial charge in [0.15, 0.2) is 0 Å². The Morgan fingerprint density at radius 3 is 2.10 bits per heavy atom. The summed E-state index contributed by atoms with van der Waals surface area (Å²) in [7, 11) is 0. The average molecular weight is 422 g/mol. The summed E-state index contributed by atoms with van der Waals surface area (Å²) in [6, 6.07) is 0. The quantitative estimate of drug-likeness (QED) is 0.320. The fourth-order valence-electron chi connectivity index (χ4n) is 2.44. The first-order chi connectivity index (χ1) is 9.58. The van der Waals surface area contributed by atoms with Crippen molar-refractivity contribution in [3.63, 3.8) is 0 Å². The molecule has 0 rings (SSSR count). The van der Waals surface area contributed by atoms with Gasteiger partial charge < -0.3 is 5.11 Å². The van der Waals surface area contributed by atoms with Gasteiger partial charge in [-0.25, -0.2) is 0 Å². The lowest BCUT2D eigenvalue weighted by Crippen LogP contribution is -2.34. The summed E-state index contributed by atoms with van der Waals surface area (Å²) >= 11 is 7.20.